The molecule has 18 heavy (non-hydrogen) atoms. The van der Waals surface area contributed by atoms with Crippen molar-refractivity contribution in [1.29, 1.82) is 0 Å². The first-order valence-corrected chi connectivity index (χ1v) is 7.36. The zero-order valence-corrected chi connectivity index (χ0v) is 11.7. The van der Waals surface area contributed by atoms with E-state index >= 15 is 0 Å². The third-order valence-corrected chi connectivity index (χ3v) is 4.69. The first-order valence-electron chi connectivity index (χ1n) is 7.36. The van der Waals surface area contributed by atoms with Gasteiger partial charge in [0.1, 0.15) is 0 Å². The Hall–Kier alpha value is -0.770. The number of nitrogens with one attached hydrogen (secondary N) is 1. The lowest BCUT2D eigenvalue weighted by Gasteiger charge is -2.38. The van der Waals surface area contributed by atoms with Crippen molar-refractivity contribution < 1.29 is 4.79 Å². The molecule has 0 aromatic heterocycles. The SMILES string of the molecule is CC1CCC(NC2CCN(C(N)=O)CC2)C(C)C1. The van der Waals surface area contributed by atoms with Crippen LogP contribution in [0.2, 0.25) is 0 Å². The largest absolute Gasteiger partial charge is 0.351 e. The summed E-state index contributed by atoms with van der Waals surface area (Å²) < 4.78 is 0. The average molecular weight is 253 g/mol. The van der Waals surface area contributed by atoms with E-state index in [-0.39, 0.29) is 6.03 Å². The van der Waals surface area contributed by atoms with Crippen LogP contribution in [0.5, 0.6) is 0 Å². The summed E-state index contributed by atoms with van der Waals surface area (Å²) in [4.78, 5) is 12.8. The number of urea groups is 1. The number of rotatable bonds is 2. The topological polar surface area (TPSA) is 58.4 Å². The molecule has 0 aromatic rings. The number of likely N-dealkylation sites (tertiary alicyclic amines) is 1. The van der Waals surface area contributed by atoms with Crippen LogP contribution in [0.3, 0.4) is 0 Å². The number of hydrogen-bond acceptors (Lipinski definition) is 2. The molecule has 2 fully saturated rings. The van der Waals surface area contributed by atoms with E-state index in [0.717, 1.165) is 37.8 Å². The van der Waals surface area contributed by atoms with Crippen LogP contribution in [0.15, 0.2) is 0 Å². The zero-order chi connectivity index (χ0) is 13.1. The van der Waals surface area contributed by atoms with Crippen molar-refractivity contribution in [3.8, 4) is 0 Å². The number of nitrogens with zero attached hydrogens (tertiary/aromatic N) is 1. The predicted molar refractivity (Wildman–Crippen MR) is 73.3 cm³/mol. The van der Waals surface area contributed by atoms with Crippen LogP contribution in [0, 0.1) is 11.8 Å². The Morgan fingerprint density at radius 3 is 2.39 bits per heavy atom. The molecule has 0 radical (unpaired) electrons. The molecule has 1 aliphatic heterocycles. The van der Waals surface area contributed by atoms with E-state index in [0.29, 0.717) is 12.1 Å². The third-order valence-electron chi connectivity index (χ3n) is 4.69. The Morgan fingerprint density at radius 2 is 1.83 bits per heavy atom. The van der Waals surface area contributed by atoms with Gasteiger partial charge in [-0.25, -0.2) is 4.79 Å². The van der Waals surface area contributed by atoms with Crippen LogP contribution in [0.25, 0.3) is 0 Å². The number of carbonyl (C=O) groups excluding carboxylic acids is 1. The molecule has 4 nitrogen and oxygen atoms in total. The molecule has 3 unspecified atom stereocenters. The van der Waals surface area contributed by atoms with Gasteiger partial charge in [-0.05, 0) is 43.9 Å². The number of carbonyl (C=O) groups is 1. The lowest BCUT2D eigenvalue weighted by Crippen LogP contribution is -2.51. The van der Waals surface area contributed by atoms with Crippen LogP contribution in [-0.2, 0) is 0 Å². The molecule has 0 bridgehead atoms. The van der Waals surface area contributed by atoms with E-state index in [1.807, 2.05) is 0 Å². The smallest absolute Gasteiger partial charge is 0.314 e. The highest BCUT2D eigenvalue weighted by atomic mass is 16.2. The number of amides is 2. The van der Waals surface area contributed by atoms with Gasteiger partial charge in [0, 0.05) is 25.2 Å². The Morgan fingerprint density at radius 1 is 1.17 bits per heavy atom. The lowest BCUT2D eigenvalue weighted by molar-refractivity contribution is 0.163. The van der Waals surface area contributed by atoms with Crippen molar-refractivity contribution >= 4 is 6.03 Å². The van der Waals surface area contributed by atoms with Gasteiger partial charge in [0.25, 0.3) is 0 Å². The molecule has 1 aliphatic carbocycles. The van der Waals surface area contributed by atoms with Gasteiger partial charge in [-0.2, -0.15) is 0 Å². The number of hydrogen-bond donors (Lipinski definition) is 2. The summed E-state index contributed by atoms with van der Waals surface area (Å²) in [6.07, 6.45) is 6.09. The maximum Gasteiger partial charge on any atom is 0.314 e. The molecular formula is C14H27N3O. The standard InChI is InChI=1S/C14H27N3O/c1-10-3-4-13(11(2)9-10)16-12-5-7-17(8-6-12)14(15)18/h10-13,16H,3-9H2,1-2H3,(H2,15,18). The predicted octanol–water partition coefficient (Wildman–Crippen LogP) is 1.94. The molecule has 2 amide bonds. The van der Waals surface area contributed by atoms with Gasteiger partial charge >= 0.3 is 6.03 Å². The first-order chi connectivity index (χ1) is 8.56. The molecule has 0 aromatic carbocycles. The fraction of sp³-hybridized carbons (Fsp3) is 0.929. The van der Waals surface area contributed by atoms with E-state index in [1.165, 1.54) is 19.3 Å². The number of primary amides is 1. The summed E-state index contributed by atoms with van der Waals surface area (Å²) in [5.41, 5.74) is 5.30. The molecule has 2 rings (SSSR count). The van der Waals surface area contributed by atoms with Crippen LogP contribution in [0.1, 0.15) is 46.0 Å². The van der Waals surface area contributed by atoms with Gasteiger partial charge < -0.3 is 16.0 Å². The molecule has 4 heteroatoms. The molecule has 104 valence electrons. The maximum absolute atomic E-state index is 11.1. The highest BCUT2D eigenvalue weighted by Crippen LogP contribution is 2.29. The van der Waals surface area contributed by atoms with Gasteiger partial charge in [-0.1, -0.05) is 13.8 Å². The van der Waals surface area contributed by atoms with Crippen molar-refractivity contribution in [2.45, 2.75) is 58.0 Å². The monoisotopic (exact) mass is 253 g/mol. The number of piperidine rings is 1. The zero-order valence-electron chi connectivity index (χ0n) is 11.7. The van der Waals surface area contributed by atoms with Crippen molar-refractivity contribution in [2.24, 2.45) is 17.6 Å². The van der Waals surface area contributed by atoms with Crippen molar-refractivity contribution in [1.82, 2.24) is 10.2 Å². The van der Waals surface area contributed by atoms with E-state index in [4.69, 9.17) is 5.73 Å². The third kappa shape index (κ3) is 3.37. The van der Waals surface area contributed by atoms with Crippen molar-refractivity contribution in [2.75, 3.05) is 13.1 Å². The fourth-order valence-corrected chi connectivity index (χ4v) is 3.48. The summed E-state index contributed by atoms with van der Waals surface area (Å²) in [6.45, 7) is 6.35. The summed E-state index contributed by atoms with van der Waals surface area (Å²) in [5.74, 6) is 1.66. The Kier molecular flexibility index (Phi) is 4.49. The second kappa shape index (κ2) is 5.91. The minimum Gasteiger partial charge on any atom is -0.351 e. The van der Waals surface area contributed by atoms with E-state index in [2.05, 4.69) is 19.2 Å². The van der Waals surface area contributed by atoms with Gasteiger partial charge in [0.2, 0.25) is 0 Å². The summed E-state index contributed by atoms with van der Waals surface area (Å²) in [7, 11) is 0. The van der Waals surface area contributed by atoms with E-state index in [1.54, 1.807) is 4.90 Å². The van der Waals surface area contributed by atoms with Gasteiger partial charge in [0.15, 0.2) is 0 Å². The molecule has 3 atom stereocenters. The quantitative estimate of drug-likeness (QED) is 0.790. The highest BCUT2D eigenvalue weighted by molar-refractivity contribution is 5.72. The highest BCUT2D eigenvalue weighted by Gasteiger charge is 2.29. The second-order valence-corrected chi connectivity index (χ2v) is 6.27. The minimum atomic E-state index is -0.270. The van der Waals surface area contributed by atoms with Crippen LogP contribution in [0.4, 0.5) is 4.79 Å². The van der Waals surface area contributed by atoms with Gasteiger partial charge in [0.05, 0.1) is 0 Å². The summed E-state index contributed by atoms with van der Waals surface area (Å²) >= 11 is 0. The minimum absolute atomic E-state index is 0.270. The normalized spacial score (nSPS) is 34.6. The molecule has 3 N–H and O–H groups in total. The van der Waals surface area contributed by atoms with Gasteiger partial charge in [-0.15, -0.1) is 0 Å². The average Bonchev–Trinajstić information content (AvgIpc) is 2.33. The van der Waals surface area contributed by atoms with Gasteiger partial charge in [-0.3, -0.25) is 0 Å². The van der Waals surface area contributed by atoms with Crippen LogP contribution < -0.4 is 11.1 Å². The van der Waals surface area contributed by atoms with Crippen molar-refractivity contribution in [3.63, 3.8) is 0 Å². The van der Waals surface area contributed by atoms with Crippen LogP contribution >= 0.6 is 0 Å². The second-order valence-electron chi connectivity index (χ2n) is 6.27. The molecular weight excluding hydrogens is 226 g/mol. The Balaban J connectivity index is 1.76. The van der Waals surface area contributed by atoms with E-state index in [9.17, 15) is 4.79 Å². The van der Waals surface area contributed by atoms with Crippen molar-refractivity contribution in [3.05, 3.63) is 0 Å². The molecule has 1 heterocycles. The molecule has 2 aliphatic rings. The van der Waals surface area contributed by atoms with Crippen LogP contribution in [-0.4, -0.2) is 36.1 Å². The lowest BCUT2D eigenvalue weighted by atomic mass is 9.79. The Bertz CT molecular complexity index is 287. The Labute approximate surface area is 110 Å². The molecule has 1 saturated carbocycles. The summed E-state index contributed by atoms with van der Waals surface area (Å²) in [5, 5.41) is 3.81. The van der Waals surface area contributed by atoms with E-state index < -0.39 is 0 Å². The maximum atomic E-state index is 11.1. The summed E-state index contributed by atoms with van der Waals surface area (Å²) in [6, 6.07) is 0.973. The number of nitrogens with two attached hydrogens (primary N) is 1. The molecule has 0 spiro atoms. The fourth-order valence-electron chi connectivity index (χ4n) is 3.48. The molecule has 1 saturated heterocycles. The first kappa shape index (κ1) is 13.7.